The molecule has 1 atom stereocenters. The van der Waals surface area contributed by atoms with Crippen molar-refractivity contribution in [2.75, 3.05) is 30.1 Å². The molecule has 0 heterocycles. The molecule has 0 aliphatic carbocycles. The smallest absolute Gasteiger partial charge is 0.0438 e. The van der Waals surface area contributed by atoms with Crippen LogP contribution in [-0.4, -0.2) is 39.4 Å². The second-order valence-corrected chi connectivity index (χ2v) is 4.75. The van der Waals surface area contributed by atoms with Crippen molar-refractivity contribution in [2.45, 2.75) is 6.42 Å². The van der Waals surface area contributed by atoms with E-state index < -0.39 is 10.8 Å². The lowest BCUT2D eigenvalue weighted by atomic mass is 10.5. The fourth-order valence-corrected chi connectivity index (χ4v) is 2.39. The molecule has 0 rings (SSSR count). The van der Waals surface area contributed by atoms with Crippen molar-refractivity contribution in [1.29, 1.82) is 0 Å². The van der Waals surface area contributed by atoms with Gasteiger partial charge < -0.3 is 5.11 Å². The molecule has 0 radical (unpaired) electrons. The standard InChI is InChI=1S/C6H14O2S2/c1-10(8)6-5-9-4-2-3-7/h7H,2-6H2,1H3. The Kier molecular flexibility index (Phi) is 7.91. The van der Waals surface area contributed by atoms with Gasteiger partial charge in [-0.05, 0) is 12.2 Å². The number of aliphatic hydroxyl groups is 1. The van der Waals surface area contributed by atoms with Crippen LogP contribution in [0.2, 0.25) is 0 Å². The molecule has 0 amide bonds. The van der Waals surface area contributed by atoms with Crippen LogP contribution >= 0.6 is 11.8 Å². The van der Waals surface area contributed by atoms with Crippen LogP contribution in [-0.2, 0) is 10.8 Å². The summed E-state index contributed by atoms with van der Waals surface area (Å²) in [5.74, 6) is 2.70. The van der Waals surface area contributed by atoms with Gasteiger partial charge in [-0.25, -0.2) is 0 Å². The van der Waals surface area contributed by atoms with E-state index in [1.54, 1.807) is 18.0 Å². The van der Waals surface area contributed by atoms with Crippen LogP contribution < -0.4 is 0 Å². The molecule has 2 nitrogen and oxygen atoms in total. The van der Waals surface area contributed by atoms with E-state index in [1.807, 2.05) is 0 Å². The maximum absolute atomic E-state index is 10.5. The third-order valence-corrected chi connectivity index (χ3v) is 3.07. The highest BCUT2D eigenvalue weighted by atomic mass is 32.2. The molecule has 1 unspecified atom stereocenters. The Morgan fingerprint density at radius 2 is 2.20 bits per heavy atom. The van der Waals surface area contributed by atoms with E-state index in [4.69, 9.17) is 5.11 Å². The van der Waals surface area contributed by atoms with Crippen molar-refractivity contribution in [3.8, 4) is 0 Å². The van der Waals surface area contributed by atoms with Gasteiger partial charge in [0.05, 0.1) is 0 Å². The third-order valence-electron chi connectivity index (χ3n) is 0.962. The predicted molar refractivity (Wildman–Crippen MR) is 48.0 cm³/mol. The van der Waals surface area contributed by atoms with Gasteiger partial charge in [-0.15, -0.1) is 0 Å². The lowest BCUT2D eigenvalue weighted by Crippen LogP contribution is -1.98. The van der Waals surface area contributed by atoms with Gasteiger partial charge >= 0.3 is 0 Å². The highest BCUT2D eigenvalue weighted by Gasteiger charge is 1.91. The van der Waals surface area contributed by atoms with Gasteiger partial charge in [0.25, 0.3) is 0 Å². The molecule has 0 bridgehead atoms. The Hall–Kier alpha value is 0.460. The first-order chi connectivity index (χ1) is 4.77. The summed E-state index contributed by atoms with van der Waals surface area (Å²) in [7, 11) is -0.654. The molecule has 0 fully saturated rings. The molecule has 0 spiro atoms. The highest BCUT2D eigenvalue weighted by Crippen LogP contribution is 2.01. The van der Waals surface area contributed by atoms with Crippen LogP contribution in [0.4, 0.5) is 0 Å². The van der Waals surface area contributed by atoms with Gasteiger partial charge in [0.2, 0.25) is 0 Å². The molecule has 0 aliphatic heterocycles. The fraction of sp³-hybridized carbons (Fsp3) is 1.00. The number of aliphatic hydroxyl groups excluding tert-OH is 1. The van der Waals surface area contributed by atoms with Crippen molar-refractivity contribution in [2.24, 2.45) is 0 Å². The molecule has 0 saturated heterocycles. The van der Waals surface area contributed by atoms with Crippen LogP contribution in [0.15, 0.2) is 0 Å². The van der Waals surface area contributed by atoms with Crippen molar-refractivity contribution in [3.05, 3.63) is 0 Å². The Labute approximate surface area is 68.9 Å². The second-order valence-electron chi connectivity index (χ2n) is 1.97. The van der Waals surface area contributed by atoms with Crippen LogP contribution in [0.25, 0.3) is 0 Å². The molecule has 4 heteroatoms. The van der Waals surface area contributed by atoms with E-state index in [0.29, 0.717) is 0 Å². The normalized spacial score (nSPS) is 13.4. The Morgan fingerprint density at radius 3 is 2.70 bits per heavy atom. The number of hydrogen-bond donors (Lipinski definition) is 1. The molecule has 0 aromatic heterocycles. The SMILES string of the molecule is CS(=O)CCSCCCO. The van der Waals surface area contributed by atoms with E-state index >= 15 is 0 Å². The molecule has 0 aromatic rings. The topological polar surface area (TPSA) is 37.3 Å². The maximum atomic E-state index is 10.5. The monoisotopic (exact) mass is 182 g/mol. The average molecular weight is 182 g/mol. The molecule has 0 saturated carbocycles. The number of thioether (sulfide) groups is 1. The highest BCUT2D eigenvalue weighted by molar-refractivity contribution is 8.00. The summed E-state index contributed by atoms with van der Waals surface area (Å²) in [6, 6.07) is 0. The van der Waals surface area contributed by atoms with Crippen LogP contribution in [0, 0.1) is 0 Å². The average Bonchev–Trinajstić information content (AvgIpc) is 1.87. The van der Waals surface area contributed by atoms with Gasteiger partial charge in [0.15, 0.2) is 0 Å². The summed E-state index contributed by atoms with van der Waals surface area (Å²) in [6.07, 6.45) is 2.56. The summed E-state index contributed by atoms with van der Waals surface area (Å²) in [5, 5.41) is 8.40. The first-order valence-corrected chi connectivity index (χ1v) is 6.14. The fourth-order valence-electron chi connectivity index (χ4n) is 0.445. The summed E-state index contributed by atoms with van der Waals surface area (Å²) in [5.41, 5.74) is 0. The Morgan fingerprint density at radius 1 is 1.50 bits per heavy atom. The first kappa shape index (κ1) is 10.5. The van der Waals surface area contributed by atoms with Crippen LogP contribution in [0.5, 0.6) is 0 Å². The number of rotatable bonds is 6. The van der Waals surface area contributed by atoms with Gasteiger partial charge in [-0.1, -0.05) is 0 Å². The maximum Gasteiger partial charge on any atom is 0.0438 e. The summed E-state index contributed by atoms with van der Waals surface area (Å²) in [4.78, 5) is 0. The minimum absolute atomic E-state index is 0.266. The zero-order chi connectivity index (χ0) is 7.82. The molecular formula is C6H14O2S2. The Balaban J connectivity index is 2.84. The van der Waals surface area contributed by atoms with Gasteiger partial charge in [0.1, 0.15) is 0 Å². The molecule has 1 N–H and O–H groups in total. The first-order valence-electron chi connectivity index (χ1n) is 3.26. The number of hydrogen-bond acceptors (Lipinski definition) is 3. The van der Waals surface area contributed by atoms with E-state index in [2.05, 4.69) is 0 Å². The van der Waals surface area contributed by atoms with Crippen molar-refractivity contribution in [3.63, 3.8) is 0 Å². The molecule has 10 heavy (non-hydrogen) atoms. The van der Waals surface area contributed by atoms with E-state index in [9.17, 15) is 4.21 Å². The lowest BCUT2D eigenvalue weighted by molar-refractivity contribution is 0.296. The predicted octanol–water partition coefficient (Wildman–Crippen LogP) is 0.480. The molecular weight excluding hydrogens is 168 g/mol. The van der Waals surface area contributed by atoms with E-state index in [0.717, 1.165) is 23.7 Å². The molecule has 62 valence electrons. The zero-order valence-electron chi connectivity index (χ0n) is 6.21. The van der Waals surface area contributed by atoms with E-state index in [1.165, 1.54) is 0 Å². The zero-order valence-corrected chi connectivity index (χ0v) is 7.84. The van der Waals surface area contributed by atoms with Crippen LogP contribution in [0.3, 0.4) is 0 Å². The van der Waals surface area contributed by atoms with Crippen molar-refractivity contribution >= 4 is 22.6 Å². The van der Waals surface area contributed by atoms with Crippen molar-refractivity contribution in [1.82, 2.24) is 0 Å². The second kappa shape index (κ2) is 7.57. The molecule has 0 aromatic carbocycles. The minimum Gasteiger partial charge on any atom is -0.396 e. The van der Waals surface area contributed by atoms with E-state index in [-0.39, 0.29) is 6.61 Å². The Bertz CT molecular complexity index is 95.7. The minimum atomic E-state index is -0.654. The summed E-state index contributed by atoms with van der Waals surface area (Å²) in [6.45, 7) is 0.266. The van der Waals surface area contributed by atoms with Gasteiger partial charge in [-0.3, -0.25) is 4.21 Å². The molecule has 0 aliphatic rings. The third kappa shape index (κ3) is 8.46. The van der Waals surface area contributed by atoms with Gasteiger partial charge in [-0.2, -0.15) is 11.8 Å². The lowest BCUT2D eigenvalue weighted by Gasteiger charge is -1.96. The summed E-state index contributed by atoms with van der Waals surface area (Å²) >= 11 is 1.75. The van der Waals surface area contributed by atoms with Crippen molar-refractivity contribution < 1.29 is 9.32 Å². The summed E-state index contributed by atoms with van der Waals surface area (Å²) < 4.78 is 10.5. The quantitative estimate of drug-likeness (QED) is 0.607. The van der Waals surface area contributed by atoms with Gasteiger partial charge in [0, 0.05) is 35.2 Å². The van der Waals surface area contributed by atoms with Crippen LogP contribution in [0.1, 0.15) is 6.42 Å². The largest absolute Gasteiger partial charge is 0.396 e.